The van der Waals surface area contributed by atoms with Crippen LogP contribution in [0.3, 0.4) is 0 Å². The molecule has 1 aromatic heterocycles. The van der Waals surface area contributed by atoms with Crippen molar-refractivity contribution >= 4 is 5.82 Å². The van der Waals surface area contributed by atoms with E-state index in [1.54, 1.807) is 13.3 Å². The first-order valence-electron chi connectivity index (χ1n) is 5.60. The van der Waals surface area contributed by atoms with Gasteiger partial charge in [-0.3, -0.25) is 0 Å². The molecule has 0 fully saturated rings. The molecule has 2 unspecified atom stereocenters. The summed E-state index contributed by atoms with van der Waals surface area (Å²) in [6.45, 7) is 4.08. The molecule has 1 rings (SSSR count). The summed E-state index contributed by atoms with van der Waals surface area (Å²) in [6.07, 6.45) is 3.69. The van der Waals surface area contributed by atoms with Gasteiger partial charge in [-0.1, -0.05) is 13.3 Å². The minimum Gasteiger partial charge on any atom is -0.383 e. The number of aromatic nitrogens is 1. The van der Waals surface area contributed by atoms with Crippen LogP contribution in [0, 0.1) is 6.92 Å². The number of nitrogens with two attached hydrogens (primary N) is 2. The Morgan fingerprint density at radius 2 is 2.19 bits per heavy atom. The highest BCUT2D eigenvalue weighted by Gasteiger charge is 2.20. The van der Waals surface area contributed by atoms with Crippen molar-refractivity contribution in [1.82, 2.24) is 4.98 Å². The van der Waals surface area contributed by atoms with Crippen molar-refractivity contribution in [3.8, 4) is 0 Å². The molecule has 0 radical (unpaired) electrons. The number of anilines is 1. The molecule has 0 aliphatic rings. The smallest absolute Gasteiger partial charge is 0.128 e. The van der Waals surface area contributed by atoms with Crippen LogP contribution in [-0.2, 0) is 4.74 Å². The van der Waals surface area contributed by atoms with Crippen LogP contribution in [0.25, 0.3) is 0 Å². The van der Waals surface area contributed by atoms with E-state index in [4.69, 9.17) is 16.2 Å². The molecule has 16 heavy (non-hydrogen) atoms. The maximum atomic E-state index is 6.16. The Kier molecular flexibility index (Phi) is 4.71. The summed E-state index contributed by atoms with van der Waals surface area (Å²) in [7, 11) is 1.68. The van der Waals surface area contributed by atoms with E-state index in [9.17, 15) is 0 Å². The van der Waals surface area contributed by atoms with Crippen molar-refractivity contribution in [1.29, 1.82) is 0 Å². The normalized spacial score (nSPS) is 14.8. The van der Waals surface area contributed by atoms with Crippen molar-refractivity contribution in [2.45, 2.75) is 38.8 Å². The SMILES string of the molecule is CCCC(OC)C(N)c1cc(C)cnc1N. The Morgan fingerprint density at radius 3 is 2.75 bits per heavy atom. The van der Waals surface area contributed by atoms with Gasteiger partial charge in [0.25, 0.3) is 0 Å². The molecule has 1 aromatic rings. The van der Waals surface area contributed by atoms with Gasteiger partial charge in [0.15, 0.2) is 0 Å². The van der Waals surface area contributed by atoms with E-state index < -0.39 is 0 Å². The fraction of sp³-hybridized carbons (Fsp3) is 0.583. The molecule has 0 saturated carbocycles. The number of nitrogen functional groups attached to an aromatic ring is 1. The van der Waals surface area contributed by atoms with Crippen molar-refractivity contribution < 1.29 is 4.74 Å². The minimum atomic E-state index is -0.211. The van der Waals surface area contributed by atoms with E-state index in [2.05, 4.69) is 11.9 Å². The molecule has 4 heteroatoms. The van der Waals surface area contributed by atoms with Gasteiger partial charge in [-0.25, -0.2) is 4.98 Å². The zero-order chi connectivity index (χ0) is 12.1. The quantitative estimate of drug-likeness (QED) is 0.798. The maximum absolute atomic E-state index is 6.16. The van der Waals surface area contributed by atoms with Crippen molar-refractivity contribution in [3.05, 3.63) is 23.4 Å². The Balaban J connectivity index is 2.93. The van der Waals surface area contributed by atoms with E-state index in [0.29, 0.717) is 5.82 Å². The Bertz CT molecular complexity index is 341. The van der Waals surface area contributed by atoms with Crippen molar-refractivity contribution in [2.24, 2.45) is 5.73 Å². The molecule has 0 aliphatic heterocycles. The van der Waals surface area contributed by atoms with Crippen LogP contribution < -0.4 is 11.5 Å². The minimum absolute atomic E-state index is 0.00380. The highest BCUT2D eigenvalue weighted by Crippen LogP contribution is 2.24. The number of nitrogens with zero attached hydrogens (tertiary/aromatic N) is 1. The van der Waals surface area contributed by atoms with Crippen LogP contribution >= 0.6 is 0 Å². The lowest BCUT2D eigenvalue weighted by Gasteiger charge is -2.23. The lowest BCUT2D eigenvalue weighted by Crippen LogP contribution is -2.29. The first-order chi connectivity index (χ1) is 7.60. The van der Waals surface area contributed by atoms with Gasteiger partial charge in [-0.15, -0.1) is 0 Å². The molecule has 2 atom stereocenters. The summed E-state index contributed by atoms with van der Waals surface area (Å²) in [4.78, 5) is 4.12. The highest BCUT2D eigenvalue weighted by atomic mass is 16.5. The van der Waals surface area contributed by atoms with Crippen LogP contribution in [0.5, 0.6) is 0 Å². The summed E-state index contributed by atoms with van der Waals surface area (Å²) in [5.41, 5.74) is 13.9. The molecule has 0 aromatic carbocycles. The largest absolute Gasteiger partial charge is 0.383 e. The fourth-order valence-electron chi connectivity index (χ4n) is 1.80. The lowest BCUT2D eigenvalue weighted by molar-refractivity contribution is 0.0726. The summed E-state index contributed by atoms with van der Waals surface area (Å²) >= 11 is 0. The van der Waals surface area contributed by atoms with Crippen LogP contribution in [0.1, 0.15) is 36.9 Å². The molecule has 0 saturated heterocycles. The molecule has 0 spiro atoms. The van der Waals surface area contributed by atoms with Gasteiger partial charge in [-0.05, 0) is 25.0 Å². The van der Waals surface area contributed by atoms with Crippen LogP contribution in [0.4, 0.5) is 5.82 Å². The molecule has 4 N–H and O–H groups in total. The van der Waals surface area contributed by atoms with Gasteiger partial charge in [0, 0.05) is 18.9 Å². The van der Waals surface area contributed by atoms with E-state index >= 15 is 0 Å². The number of pyridine rings is 1. The average Bonchev–Trinajstić information content (AvgIpc) is 2.28. The molecule has 4 nitrogen and oxygen atoms in total. The number of rotatable bonds is 5. The fourth-order valence-corrected chi connectivity index (χ4v) is 1.80. The molecule has 0 amide bonds. The van der Waals surface area contributed by atoms with E-state index in [1.165, 1.54) is 0 Å². The van der Waals surface area contributed by atoms with Crippen molar-refractivity contribution in [3.63, 3.8) is 0 Å². The zero-order valence-corrected chi connectivity index (χ0v) is 10.2. The van der Waals surface area contributed by atoms with Crippen LogP contribution in [0.2, 0.25) is 0 Å². The second-order valence-electron chi connectivity index (χ2n) is 4.08. The van der Waals surface area contributed by atoms with Gasteiger partial charge < -0.3 is 16.2 Å². The number of hydrogen-bond acceptors (Lipinski definition) is 4. The van der Waals surface area contributed by atoms with Crippen LogP contribution in [-0.4, -0.2) is 18.2 Å². The summed E-state index contributed by atoms with van der Waals surface area (Å²) in [5.74, 6) is 0.497. The molecule has 0 bridgehead atoms. The van der Waals surface area contributed by atoms with Gasteiger partial charge in [0.05, 0.1) is 12.1 Å². The number of ether oxygens (including phenoxy) is 1. The second kappa shape index (κ2) is 5.82. The molecular formula is C12H21N3O. The Hall–Kier alpha value is -1.13. The number of methoxy groups -OCH3 is 1. The second-order valence-corrected chi connectivity index (χ2v) is 4.08. The Morgan fingerprint density at radius 1 is 1.50 bits per heavy atom. The average molecular weight is 223 g/mol. The Labute approximate surface area is 97.0 Å². The number of aryl methyl sites for hydroxylation is 1. The van der Waals surface area contributed by atoms with E-state index in [-0.39, 0.29) is 12.1 Å². The molecule has 0 aliphatic carbocycles. The lowest BCUT2D eigenvalue weighted by atomic mass is 9.98. The zero-order valence-electron chi connectivity index (χ0n) is 10.2. The number of hydrogen-bond donors (Lipinski definition) is 2. The molecule has 1 heterocycles. The first-order valence-corrected chi connectivity index (χ1v) is 5.60. The standard InChI is InChI=1S/C12H21N3O/c1-4-5-10(16-3)11(13)9-6-8(2)7-15-12(9)14/h6-7,10-11H,4-5,13H2,1-3H3,(H2,14,15). The molecular weight excluding hydrogens is 202 g/mol. The summed E-state index contributed by atoms with van der Waals surface area (Å²) in [5, 5.41) is 0. The monoisotopic (exact) mass is 223 g/mol. The van der Waals surface area contributed by atoms with Gasteiger partial charge >= 0.3 is 0 Å². The topological polar surface area (TPSA) is 74.2 Å². The van der Waals surface area contributed by atoms with E-state index in [0.717, 1.165) is 24.0 Å². The van der Waals surface area contributed by atoms with Gasteiger partial charge in [0.2, 0.25) is 0 Å². The van der Waals surface area contributed by atoms with Gasteiger partial charge in [-0.2, -0.15) is 0 Å². The highest BCUT2D eigenvalue weighted by molar-refractivity contribution is 5.43. The third-order valence-corrected chi connectivity index (χ3v) is 2.72. The third-order valence-electron chi connectivity index (χ3n) is 2.72. The third kappa shape index (κ3) is 2.93. The predicted molar refractivity (Wildman–Crippen MR) is 66.0 cm³/mol. The van der Waals surface area contributed by atoms with Gasteiger partial charge in [0.1, 0.15) is 5.82 Å². The summed E-state index contributed by atoms with van der Waals surface area (Å²) in [6, 6.07) is 1.77. The summed E-state index contributed by atoms with van der Waals surface area (Å²) < 4.78 is 5.39. The molecule has 90 valence electrons. The maximum Gasteiger partial charge on any atom is 0.128 e. The van der Waals surface area contributed by atoms with E-state index in [1.807, 2.05) is 13.0 Å². The van der Waals surface area contributed by atoms with Crippen LogP contribution in [0.15, 0.2) is 12.3 Å². The first kappa shape index (κ1) is 12.9. The van der Waals surface area contributed by atoms with Crippen molar-refractivity contribution in [2.75, 3.05) is 12.8 Å². The predicted octanol–water partition coefficient (Wildman–Crippen LogP) is 1.79.